The van der Waals surface area contributed by atoms with Crippen LogP contribution < -0.4 is 5.32 Å². The van der Waals surface area contributed by atoms with E-state index in [0.717, 1.165) is 12.8 Å². The van der Waals surface area contributed by atoms with E-state index in [4.69, 9.17) is 9.15 Å². The topological polar surface area (TPSA) is 64.4 Å². The van der Waals surface area contributed by atoms with Gasteiger partial charge in [-0.3, -0.25) is 4.79 Å². The number of amides is 1. The number of ether oxygens (including phenoxy) is 1. The summed E-state index contributed by atoms with van der Waals surface area (Å²) in [6.07, 6.45) is 9.14. The highest BCUT2D eigenvalue weighted by molar-refractivity contribution is 5.93. The fourth-order valence-corrected chi connectivity index (χ4v) is 2.72. The second-order valence-corrected chi connectivity index (χ2v) is 5.96. The molecule has 1 aromatic heterocycles. The second kappa shape index (κ2) is 8.17. The molecule has 21 heavy (non-hydrogen) atoms. The van der Waals surface area contributed by atoms with Crippen LogP contribution in [-0.2, 0) is 4.74 Å². The summed E-state index contributed by atoms with van der Waals surface area (Å²) in [5, 5.41) is 2.85. The Bertz CT molecular complexity index is 434. The summed E-state index contributed by atoms with van der Waals surface area (Å²) < 4.78 is 11.1. The van der Waals surface area contributed by atoms with Crippen molar-refractivity contribution in [3.63, 3.8) is 0 Å². The molecule has 2 rings (SSSR count). The highest BCUT2D eigenvalue weighted by Crippen LogP contribution is 2.20. The summed E-state index contributed by atoms with van der Waals surface area (Å²) in [5.41, 5.74) is 0.388. The summed E-state index contributed by atoms with van der Waals surface area (Å²) in [5.74, 6) is 0.601. The zero-order valence-corrected chi connectivity index (χ0v) is 13.1. The van der Waals surface area contributed by atoms with Crippen molar-refractivity contribution in [3.05, 3.63) is 17.8 Å². The standard InChI is InChI=1S/C16H26N2O3/c1-12(2)15-14(18-11-21-15)16(19)17-9-10-20-13-7-5-3-4-6-8-13/h11-13H,3-10H2,1-2H3,(H,17,19). The summed E-state index contributed by atoms with van der Waals surface area (Å²) in [7, 11) is 0. The molecule has 5 nitrogen and oxygen atoms in total. The van der Waals surface area contributed by atoms with Gasteiger partial charge in [-0.15, -0.1) is 0 Å². The summed E-state index contributed by atoms with van der Waals surface area (Å²) in [6.45, 7) is 5.03. The lowest BCUT2D eigenvalue weighted by Crippen LogP contribution is -2.29. The van der Waals surface area contributed by atoms with Gasteiger partial charge in [-0.1, -0.05) is 39.5 Å². The quantitative estimate of drug-likeness (QED) is 0.646. The molecule has 1 N–H and O–H groups in total. The van der Waals surface area contributed by atoms with Gasteiger partial charge in [0.25, 0.3) is 5.91 Å². The predicted octanol–water partition coefficient (Wildman–Crippen LogP) is 3.27. The molecule has 1 heterocycles. The monoisotopic (exact) mass is 294 g/mol. The SMILES string of the molecule is CC(C)c1ocnc1C(=O)NCCOC1CCCCCC1. The van der Waals surface area contributed by atoms with Crippen LogP contribution in [0.5, 0.6) is 0 Å². The van der Waals surface area contributed by atoms with E-state index in [-0.39, 0.29) is 11.8 Å². The van der Waals surface area contributed by atoms with Gasteiger partial charge in [0.05, 0.1) is 12.7 Å². The number of aromatic nitrogens is 1. The van der Waals surface area contributed by atoms with Crippen LogP contribution in [0, 0.1) is 0 Å². The van der Waals surface area contributed by atoms with Crippen LogP contribution >= 0.6 is 0 Å². The van der Waals surface area contributed by atoms with Crippen LogP contribution in [0.3, 0.4) is 0 Å². The number of hydrogen-bond acceptors (Lipinski definition) is 4. The van der Waals surface area contributed by atoms with Gasteiger partial charge in [0.1, 0.15) is 5.76 Å². The Kier molecular flexibility index (Phi) is 6.23. The van der Waals surface area contributed by atoms with Crippen molar-refractivity contribution in [2.24, 2.45) is 0 Å². The van der Waals surface area contributed by atoms with Crippen LogP contribution in [0.15, 0.2) is 10.8 Å². The molecule has 1 aliphatic carbocycles. The Balaban J connectivity index is 1.70. The molecule has 0 aliphatic heterocycles. The molecular weight excluding hydrogens is 268 g/mol. The molecule has 5 heteroatoms. The summed E-state index contributed by atoms with van der Waals surface area (Å²) >= 11 is 0. The molecule has 1 fully saturated rings. The first-order chi connectivity index (χ1) is 10.2. The van der Waals surface area contributed by atoms with E-state index in [1.54, 1.807) is 0 Å². The first kappa shape index (κ1) is 16.0. The molecule has 1 aromatic rings. The predicted molar refractivity (Wildman–Crippen MR) is 80.4 cm³/mol. The van der Waals surface area contributed by atoms with Crippen molar-refractivity contribution in [2.45, 2.75) is 64.4 Å². The van der Waals surface area contributed by atoms with Gasteiger partial charge in [0, 0.05) is 12.5 Å². The molecule has 0 unspecified atom stereocenters. The van der Waals surface area contributed by atoms with Crippen molar-refractivity contribution >= 4 is 5.91 Å². The normalized spacial score (nSPS) is 16.9. The Morgan fingerprint density at radius 3 is 2.76 bits per heavy atom. The molecule has 1 aliphatic rings. The molecule has 1 saturated carbocycles. The van der Waals surface area contributed by atoms with E-state index < -0.39 is 0 Å². The minimum Gasteiger partial charge on any atom is -0.447 e. The van der Waals surface area contributed by atoms with Gasteiger partial charge >= 0.3 is 0 Å². The van der Waals surface area contributed by atoms with Crippen LogP contribution in [0.2, 0.25) is 0 Å². The molecule has 0 radical (unpaired) electrons. The average molecular weight is 294 g/mol. The lowest BCUT2D eigenvalue weighted by Gasteiger charge is -2.15. The third-order valence-corrected chi connectivity index (χ3v) is 3.88. The highest BCUT2D eigenvalue weighted by Gasteiger charge is 2.19. The Hall–Kier alpha value is -1.36. The van der Waals surface area contributed by atoms with E-state index in [0.29, 0.717) is 30.7 Å². The van der Waals surface area contributed by atoms with Crippen molar-refractivity contribution in [1.29, 1.82) is 0 Å². The van der Waals surface area contributed by atoms with Crippen LogP contribution in [-0.4, -0.2) is 30.1 Å². The van der Waals surface area contributed by atoms with E-state index >= 15 is 0 Å². The zero-order valence-electron chi connectivity index (χ0n) is 13.1. The molecule has 0 atom stereocenters. The van der Waals surface area contributed by atoms with Gasteiger partial charge in [-0.05, 0) is 12.8 Å². The first-order valence-corrected chi connectivity index (χ1v) is 8.01. The molecule has 0 saturated heterocycles. The van der Waals surface area contributed by atoms with Crippen LogP contribution in [0.25, 0.3) is 0 Å². The number of carbonyl (C=O) groups is 1. The molecule has 0 bridgehead atoms. The minimum atomic E-state index is -0.183. The van der Waals surface area contributed by atoms with Gasteiger partial charge in [0.15, 0.2) is 12.1 Å². The molecule has 1 amide bonds. The first-order valence-electron chi connectivity index (χ1n) is 8.01. The van der Waals surface area contributed by atoms with Crippen molar-refractivity contribution in [2.75, 3.05) is 13.2 Å². The molecular formula is C16H26N2O3. The van der Waals surface area contributed by atoms with E-state index in [1.165, 1.54) is 32.1 Å². The van der Waals surface area contributed by atoms with Crippen LogP contribution in [0.4, 0.5) is 0 Å². The van der Waals surface area contributed by atoms with Gasteiger partial charge < -0.3 is 14.5 Å². The zero-order chi connectivity index (χ0) is 15.1. The van der Waals surface area contributed by atoms with Crippen molar-refractivity contribution < 1.29 is 13.9 Å². The third kappa shape index (κ3) is 4.84. The Morgan fingerprint density at radius 2 is 2.10 bits per heavy atom. The fraction of sp³-hybridized carbons (Fsp3) is 0.750. The third-order valence-electron chi connectivity index (χ3n) is 3.88. The van der Waals surface area contributed by atoms with Gasteiger partial charge in [0.2, 0.25) is 0 Å². The maximum absolute atomic E-state index is 12.0. The largest absolute Gasteiger partial charge is 0.447 e. The number of hydrogen-bond donors (Lipinski definition) is 1. The maximum Gasteiger partial charge on any atom is 0.273 e. The molecule has 0 aromatic carbocycles. The van der Waals surface area contributed by atoms with Crippen molar-refractivity contribution in [1.82, 2.24) is 10.3 Å². The summed E-state index contributed by atoms with van der Waals surface area (Å²) in [4.78, 5) is 16.0. The molecule has 0 spiro atoms. The lowest BCUT2D eigenvalue weighted by molar-refractivity contribution is 0.0441. The molecule has 118 valence electrons. The van der Waals surface area contributed by atoms with Crippen molar-refractivity contribution in [3.8, 4) is 0 Å². The minimum absolute atomic E-state index is 0.149. The van der Waals surface area contributed by atoms with Crippen LogP contribution in [0.1, 0.15) is 74.5 Å². The average Bonchev–Trinajstić information content (AvgIpc) is 2.82. The number of nitrogens with zero attached hydrogens (tertiary/aromatic N) is 1. The number of oxazole rings is 1. The second-order valence-electron chi connectivity index (χ2n) is 5.96. The van der Waals surface area contributed by atoms with Gasteiger partial charge in [-0.2, -0.15) is 0 Å². The lowest BCUT2D eigenvalue weighted by atomic mass is 10.1. The number of carbonyl (C=O) groups excluding carboxylic acids is 1. The fourth-order valence-electron chi connectivity index (χ4n) is 2.72. The Labute approximate surface area is 126 Å². The highest BCUT2D eigenvalue weighted by atomic mass is 16.5. The van der Waals surface area contributed by atoms with E-state index in [2.05, 4.69) is 10.3 Å². The maximum atomic E-state index is 12.0. The summed E-state index contributed by atoms with van der Waals surface area (Å²) in [6, 6.07) is 0. The number of nitrogens with one attached hydrogen (secondary N) is 1. The van der Waals surface area contributed by atoms with Gasteiger partial charge in [-0.25, -0.2) is 4.98 Å². The van der Waals surface area contributed by atoms with E-state index in [1.807, 2.05) is 13.8 Å². The Morgan fingerprint density at radius 1 is 1.38 bits per heavy atom. The number of rotatable bonds is 6. The smallest absolute Gasteiger partial charge is 0.273 e. The van der Waals surface area contributed by atoms with E-state index in [9.17, 15) is 4.79 Å².